The maximum absolute atomic E-state index is 12.0. The number of rotatable bonds is 6. The number of fused-ring (bicyclic) bond motifs is 1. The van der Waals surface area contributed by atoms with Crippen LogP contribution in [-0.4, -0.2) is 15.9 Å². The van der Waals surface area contributed by atoms with Crippen molar-refractivity contribution in [2.24, 2.45) is 5.41 Å². The molecule has 2 aromatic heterocycles. The largest absolute Gasteiger partial charge is 0.487 e. The van der Waals surface area contributed by atoms with Gasteiger partial charge in [-0.05, 0) is 36.4 Å². The van der Waals surface area contributed by atoms with Crippen LogP contribution < -0.4 is 10.1 Å². The Labute approximate surface area is 145 Å². The summed E-state index contributed by atoms with van der Waals surface area (Å²) in [5.74, 6) is 1.53. The first kappa shape index (κ1) is 15.7. The topological polar surface area (TPSA) is 80.1 Å². The molecule has 130 valence electrons. The maximum atomic E-state index is 12.0. The van der Waals surface area contributed by atoms with Crippen molar-refractivity contribution in [3.8, 4) is 5.75 Å². The van der Waals surface area contributed by atoms with Gasteiger partial charge in [-0.15, -0.1) is 0 Å². The Morgan fingerprint density at radius 1 is 1.40 bits per heavy atom. The molecule has 0 spiro atoms. The molecule has 1 amide bonds. The van der Waals surface area contributed by atoms with E-state index in [2.05, 4.69) is 21.4 Å². The van der Waals surface area contributed by atoms with Crippen LogP contribution in [-0.2, 0) is 17.9 Å². The standard InChI is InChI=1S/C19H21N3O3/c1-12-21-15(10-24-12)11-25-16-4-3-13-7-14(22-17(13)8-16)9-20-18(23)19(2)5-6-19/h3-4,7-8,10,22H,5-6,9,11H2,1-2H3,(H,20,23). The number of hydrogen-bond donors (Lipinski definition) is 2. The summed E-state index contributed by atoms with van der Waals surface area (Å²) >= 11 is 0. The van der Waals surface area contributed by atoms with E-state index in [0.717, 1.165) is 40.9 Å². The molecule has 2 N–H and O–H groups in total. The first-order valence-corrected chi connectivity index (χ1v) is 8.46. The van der Waals surface area contributed by atoms with Crippen molar-refractivity contribution in [3.63, 3.8) is 0 Å². The van der Waals surface area contributed by atoms with Gasteiger partial charge in [-0.25, -0.2) is 4.98 Å². The highest BCUT2D eigenvalue weighted by Gasteiger charge is 2.44. The van der Waals surface area contributed by atoms with Gasteiger partial charge in [0.05, 0.1) is 6.54 Å². The van der Waals surface area contributed by atoms with Crippen molar-refractivity contribution in [2.75, 3.05) is 0 Å². The van der Waals surface area contributed by atoms with E-state index >= 15 is 0 Å². The Balaban J connectivity index is 1.41. The van der Waals surface area contributed by atoms with Crippen LogP contribution in [0, 0.1) is 12.3 Å². The van der Waals surface area contributed by atoms with E-state index in [9.17, 15) is 4.79 Å². The molecule has 6 heteroatoms. The molecule has 0 atom stereocenters. The minimum Gasteiger partial charge on any atom is -0.487 e. The molecular formula is C19H21N3O3. The lowest BCUT2D eigenvalue weighted by molar-refractivity contribution is -0.125. The molecule has 1 aliphatic rings. The van der Waals surface area contributed by atoms with Crippen LogP contribution in [0.1, 0.15) is 37.0 Å². The molecule has 1 aliphatic carbocycles. The third-order valence-corrected chi connectivity index (χ3v) is 4.69. The molecular weight excluding hydrogens is 318 g/mol. The number of benzene rings is 1. The summed E-state index contributed by atoms with van der Waals surface area (Å²) in [6.45, 7) is 4.69. The summed E-state index contributed by atoms with van der Waals surface area (Å²) in [6, 6.07) is 7.94. The van der Waals surface area contributed by atoms with Gasteiger partial charge in [0.15, 0.2) is 5.89 Å². The predicted octanol–water partition coefficient (Wildman–Crippen LogP) is 3.46. The van der Waals surface area contributed by atoms with Crippen LogP contribution in [0.3, 0.4) is 0 Å². The van der Waals surface area contributed by atoms with Gasteiger partial charge in [0, 0.05) is 29.6 Å². The average molecular weight is 339 g/mol. The van der Waals surface area contributed by atoms with E-state index in [1.807, 2.05) is 25.1 Å². The zero-order chi connectivity index (χ0) is 17.4. The number of oxazole rings is 1. The fourth-order valence-corrected chi connectivity index (χ4v) is 2.79. The van der Waals surface area contributed by atoms with Crippen LogP contribution >= 0.6 is 0 Å². The fraction of sp³-hybridized carbons (Fsp3) is 0.368. The first-order chi connectivity index (χ1) is 12.0. The number of hydrogen-bond acceptors (Lipinski definition) is 4. The monoisotopic (exact) mass is 339 g/mol. The highest BCUT2D eigenvalue weighted by atomic mass is 16.5. The minimum absolute atomic E-state index is 0.137. The van der Waals surface area contributed by atoms with Crippen molar-refractivity contribution >= 4 is 16.8 Å². The number of nitrogens with zero attached hydrogens (tertiary/aromatic N) is 1. The highest BCUT2D eigenvalue weighted by molar-refractivity contribution is 5.85. The van der Waals surface area contributed by atoms with E-state index in [-0.39, 0.29) is 11.3 Å². The molecule has 6 nitrogen and oxygen atoms in total. The second-order valence-electron chi connectivity index (χ2n) is 6.93. The predicted molar refractivity (Wildman–Crippen MR) is 93.1 cm³/mol. The molecule has 0 radical (unpaired) electrons. The Bertz CT molecular complexity index is 921. The molecule has 25 heavy (non-hydrogen) atoms. The van der Waals surface area contributed by atoms with Crippen LogP contribution in [0.4, 0.5) is 0 Å². The molecule has 3 aromatic rings. The third-order valence-electron chi connectivity index (χ3n) is 4.69. The summed E-state index contributed by atoms with van der Waals surface area (Å²) < 4.78 is 10.9. The highest BCUT2D eigenvalue weighted by Crippen LogP contribution is 2.45. The first-order valence-electron chi connectivity index (χ1n) is 8.46. The zero-order valence-corrected chi connectivity index (χ0v) is 14.4. The number of amides is 1. The number of carbonyl (C=O) groups is 1. The fourth-order valence-electron chi connectivity index (χ4n) is 2.79. The van der Waals surface area contributed by atoms with Crippen molar-refractivity contribution in [1.82, 2.24) is 15.3 Å². The number of nitrogens with one attached hydrogen (secondary N) is 2. The Morgan fingerprint density at radius 3 is 2.96 bits per heavy atom. The van der Waals surface area contributed by atoms with Crippen molar-refractivity contribution in [1.29, 1.82) is 0 Å². The molecule has 1 aromatic carbocycles. The lowest BCUT2D eigenvalue weighted by Crippen LogP contribution is -2.29. The SMILES string of the molecule is Cc1nc(COc2ccc3cc(CNC(=O)C4(C)CC4)[nH]c3c2)co1. The number of aromatic amines is 1. The molecule has 1 saturated carbocycles. The second-order valence-corrected chi connectivity index (χ2v) is 6.93. The lowest BCUT2D eigenvalue weighted by atomic mass is 10.1. The van der Waals surface area contributed by atoms with Gasteiger partial charge in [-0.3, -0.25) is 4.79 Å². The van der Waals surface area contributed by atoms with Crippen molar-refractivity contribution < 1.29 is 13.9 Å². The molecule has 1 fully saturated rings. The molecule has 0 bridgehead atoms. The normalized spacial score (nSPS) is 15.3. The van der Waals surface area contributed by atoms with E-state index in [1.54, 1.807) is 13.2 Å². The number of aryl methyl sites for hydroxylation is 1. The molecule has 4 rings (SSSR count). The molecule has 2 heterocycles. The lowest BCUT2D eigenvalue weighted by Gasteiger charge is -2.08. The Morgan fingerprint density at radius 2 is 2.24 bits per heavy atom. The molecule has 0 aliphatic heterocycles. The van der Waals surface area contributed by atoms with Crippen LogP contribution in [0.25, 0.3) is 10.9 Å². The number of carbonyl (C=O) groups excluding carboxylic acids is 1. The maximum Gasteiger partial charge on any atom is 0.226 e. The average Bonchev–Trinajstić information content (AvgIpc) is 3.04. The second kappa shape index (κ2) is 5.95. The zero-order valence-electron chi connectivity index (χ0n) is 14.4. The summed E-state index contributed by atoms with van der Waals surface area (Å²) in [7, 11) is 0. The quantitative estimate of drug-likeness (QED) is 0.721. The van der Waals surface area contributed by atoms with Gasteiger partial charge in [-0.1, -0.05) is 6.92 Å². The van der Waals surface area contributed by atoms with E-state index in [4.69, 9.17) is 9.15 Å². The third kappa shape index (κ3) is 3.38. The van der Waals surface area contributed by atoms with Crippen LogP contribution in [0.15, 0.2) is 34.9 Å². The molecule has 0 saturated heterocycles. The molecule has 0 unspecified atom stereocenters. The van der Waals surface area contributed by atoms with E-state index in [1.165, 1.54) is 0 Å². The van der Waals surface area contributed by atoms with Gasteiger partial charge in [0.1, 0.15) is 24.3 Å². The summed E-state index contributed by atoms with van der Waals surface area (Å²) in [5, 5.41) is 4.10. The van der Waals surface area contributed by atoms with Gasteiger partial charge >= 0.3 is 0 Å². The van der Waals surface area contributed by atoms with Gasteiger partial charge < -0.3 is 19.5 Å². The Hall–Kier alpha value is -2.76. The Kier molecular flexibility index (Phi) is 3.75. The smallest absolute Gasteiger partial charge is 0.226 e. The van der Waals surface area contributed by atoms with E-state index < -0.39 is 0 Å². The summed E-state index contributed by atoms with van der Waals surface area (Å²) in [4.78, 5) is 19.6. The number of aromatic nitrogens is 2. The summed E-state index contributed by atoms with van der Waals surface area (Å²) in [6.07, 6.45) is 3.57. The minimum atomic E-state index is -0.146. The van der Waals surface area contributed by atoms with Crippen LogP contribution in [0.5, 0.6) is 5.75 Å². The van der Waals surface area contributed by atoms with Crippen LogP contribution in [0.2, 0.25) is 0 Å². The van der Waals surface area contributed by atoms with Gasteiger partial charge in [0.25, 0.3) is 0 Å². The van der Waals surface area contributed by atoms with E-state index in [0.29, 0.717) is 19.0 Å². The van der Waals surface area contributed by atoms with Crippen molar-refractivity contribution in [2.45, 2.75) is 39.8 Å². The van der Waals surface area contributed by atoms with Gasteiger partial charge in [-0.2, -0.15) is 0 Å². The van der Waals surface area contributed by atoms with Crippen molar-refractivity contribution in [3.05, 3.63) is 47.8 Å². The number of H-pyrrole nitrogens is 1. The van der Waals surface area contributed by atoms with Gasteiger partial charge in [0.2, 0.25) is 5.91 Å². The summed E-state index contributed by atoms with van der Waals surface area (Å²) in [5.41, 5.74) is 2.58. The number of ether oxygens (including phenoxy) is 1.